The summed E-state index contributed by atoms with van der Waals surface area (Å²) in [4.78, 5) is 17.7. The van der Waals surface area contributed by atoms with Crippen molar-refractivity contribution in [2.75, 3.05) is 11.9 Å². The van der Waals surface area contributed by atoms with Gasteiger partial charge in [0, 0.05) is 31.1 Å². The molecule has 0 saturated carbocycles. The number of fused-ring (bicyclic) bond motifs is 3. The molecule has 0 spiro atoms. The number of hydrogen-bond donors (Lipinski definition) is 2. The highest BCUT2D eigenvalue weighted by atomic mass is 79.9. The zero-order valence-corrected chi connectivity index (χ0v) is 17.2. The average Bonchev–Trinajstić information content (AvgIpc) is 3.02. The first kappa shape index (κ1) is 20.7. The van der Waals surface area contributed by atoms with E-state index in [4.69, 9.17) is 6.42 Å². The number of nitrogens with zero attached hydrogens (tertiary/aromatic N) is 4. The van der Waals surface area contributed by atoms with Crippen molar-refractivity contribution in [3.8, 4) is 12.3 Å². The van der Waals surface area contributed by atoms with Crippen LogP contribution in [-0.2, 0) is 25.4 Å². The smallest absolute Gasteiger partial charge is 0.322 e. The van der Waals surface area contributed by atoms with Gasteiger partial charge < -0.3 is 15.3 Å². The van der Waals surface area contributed by atoms with E-state index in [2.05, 4.69) is 37.2 Å². The zero-order valence-electron chi connectivity index (χ0n) is 15.6. The van der Waals surface area contributed by atoms with Crippen LogP contribution in [0, 0.1) is 18.2 Å². The molecule has 1 atom stereocenters. The maximum atomic E-state index is 14.9. The lowest BCUT2D eigenvalue weighted by Gasteiger charge is -2.28. The molecule has 2 aliphatic rings. The fraction of sp³-hybridized carbons (Fsp3) is 0.421. The number of amides is 2. The van der Waals surface area contributed by atoms with E-state index in [1.807, 2.05) is 0 Å². The molecule has 2 aliphatic heterocycles. The Morgan fingerprint density at radius 2 is 2.17 bits per heavy atom. The number of urea groups is 1. The molecular formula is C19H17BrF3N5O2. The minimum atomic E-state index is -3.26. The van der Waals surface area contributed by atoms with Crippen molar-refractivity contribution in [1.29, 1.82) is 0 Å². The highest BCUT2D eigenvalue weighted by Gasteiger charge is 2.46. The third kappa shape index (κ3) is 3.54. The second kappa shape index (κ2) is 7.28. The predicted octanol–water partition coefficient (Wildman–Crippen LogP) is 3.02. The summed E-state index contributed by atoms with van der Waals surface area (Å²) in [5, 5.41) is 17.1. The number of alkyl halides is 2. The van der Waals surface area contributed by atoms with Gasteiger partial charge in [-0.2, -0.15) is 13.9 Å². The van der Waals surface area contributed by atoms with Crippen molar-refractivity contribution in [1.82, 2.24) is 19.7 Å². The number of aromatic nitrogens is 3. The number of terminal acetylenes is 1. The highest BCUT2D eigenvalue weighted by molar-refractivity contribution is 9.10. The number of hydrogen-bond acceptors (Lipinski definition) is 4. The van der Waals surface area contributed by atoms with E-state index in [-0.39, 0.29) is 54.0 Å². The van der Waals surface area contributed by atoms with Crippen LogP contribution in [0.3, 0.4) is 0 Å². The number of carbonyl (C=O) groups excluding carboxylic acids is 1. The lowest BCUT2D eigenvalue weighted by atomic mass is 9.96. The van der Waals surface area contributed by atoms with E-state index in [0.29, 0.717) is 5.69 Å². The molecule has 0 aliphatic carbocycles. The Hall–Kier alpha value is -2.58. The third-order valence-corrected chi connectivity index (χ3v) is 5.91. The van der Waals surface area contributed by atoms with Crippen molar-refractivity contribution in [3.63, 3.8) is 0 Å². The van der Waals surface area contributed by atoms with E-state index < -0.39 is 29.8 Å². The minimum Gasteiger partial charge on any atom is -0.376 e. The second-order valence-electron chi connectivity index (χ2n) is 7.38. The Balaban J connectivity index is 1.62. The zero-order chi connectivity index (χ0) is 21.7. The molecule has 0 unspecified atom stereocenters. The van der Waals surface area contributed by atoms with Gasteiger partial charge in [-0.25, -0.2) is 14.2 Å². The van der Waals surface area contributed by atoms with Crippen LogP contribution in [0.25, 0.3) is 0 Å². The van der Waals surface area contributed by atoms with Crippen LogP contribution >= 0.6 is 15.9 Å². The number of anilines is 1. The van der Waals surface area contributed by atoms with Crippen LogP contribution in [-0.4, -0.2) is 42.9 Å². The number of rotatable bonds is 1. The molecular weight excluding hydrogens is 467 g/mol. The summed E-state index contributed by atoms with van der Waals surface area (Å²) in [6, 6.07) is 0.670. The number of pyridine rings is 1. The van der Waals surface area contributed by atoms with Gasteiger partial charge in [-0.3, -0.25) is 4.68 Å². The first-order valence-corrected chi connectivity index (χ1v) is 9.96. The maximum absolute atomic E-state index is 14.9. The summed E-state index contributed by atoms with van der Waals surface area (Å²) in [7, 11) is 0. The van der Waals surface area contributed by atoms with Gasteiger partial charge in [0.15, 0.2) is 5.82 Å². The monoisotopic (exact) mass is 483 g/mol. The molecule has 2 aromatic heterocycles. The van der Waals surface area contributed by atoms with Crippen molar-refractivity contribution in [2.24, 2.45) is 0 Å². The normalized spacial score (nSPS) is 22.5. The Morgan fingerprint density at radius 1 is 1.40 bits per heavy atom. The SMILES string of the molecule is C#C[C@@]1(O)CCC(F)(F)c2c3c(nn2C1)CCN(C(=O)Nc1ccnc(Br)c1F)C3. The van der Waals surface area contributed by atoms with Gasteiger partial charge in [-0.05, 0) is 28.4 Å². The molecule has 0 aromatic carbocycles. The van der Waals surface area contributed by atoms with E-state index in [9.17, 15) is 23.1 Å². The number of aliphatic hydroxyl groups is 1. The van der Waals surface area contributed by atoms with Gasteiger partial charge in [0.1, 0.15) is 15.9 Å². The van der Waals surface area contributed by atoms with Crippen LogP contribution in [0.15, 0.2) is 16.9 Å². The summed E-state index contributed by atoms with van der Waals surface area (Å²) in [6.07, 6.45) is 6.01. The largest absolute Gasteiger partial charge is 0.376 e. The maximum Gasteiger partial charge on any atom is 0.322 e. The summed E-state index contributed by atoms with van der Waals surface area (Å²) in [6.45, 7) is -0.146. The Labute approximate surface area is 178 Å². The van der Waals surface area contributed by atoms with Crippen LogP contribution in [0.2, 0.25) is 0 Å². The summed E-state index contributed by atoms with van der Waals surface area (Å²) < 4.78 is 44.9. The number of halogens is 4. The molecule has 0 fully saturated rings. The summed E-state index contributed by atoms with van der Waals surface area (Å²) in [5.41, 5.74) is -1.45. The summed E-state index contributed by atoms with van der Waals surface area (Å²) in [5.74, 6) is -1.81. The van der Waals surface area contributed by atoms with Gasteiger partial charge in [0.2, 0.25) is 0 Å². The standard InChI is InChI=1S/C19H17BrF3N5O2/c1-2-18(30)5-6-19(22,23)15-11-9-27(8-4-12(11)26-28(15)10-18)17(29)25-13-3-7-24-16(20)14(13)21/h1,3,7,30H,4-6,8-10H2,(H,24,25,29)/t18-/m1/s1. The van der Waals surface area contributed by atoms with Crippen molar-refractivity contribution >= 4 is 27.6 Å². The molecule has 0 bridgehead atoms. The van der Waals surface area contributed by atoms with Crippen LogP contribution in [0.1, 0.15) is 29.8 Å². The molecule has 4 heterocycles. The second-order valence-corrected chi connectivity index (χ2v) is 8.13. The van der Waals surface area contributed by atoms with E-state index in [1.165, 1.54) is 17.2 Å². The Morgan fingerprint density at radius 3 is 2.90 bits per heavy atom. The first-order chi connectivity index (χ1) is 14.1. The van der Waals surface area contributed by atoms with Crippen LogP contribution in [0.5, 0.6) is 0 Å². The van der Waals surface area contributed by atoms with E-state index >= 15 is 0 Å². The minimum absolute atomic E-state index is 0.0520. The molecule has 30 heavy (non-hydrogen) atoms. The van der Waals surface area contributed by atoms with Gasteiger partial charge in [0.25, 0.3) is 5.92 Å². The van der Waals surface area contributed by atoms with Crippen molar-refractivity contribution < 1.29 is 23.1 Å². The van der Waals surface area contributed by atoms with Crippen LogP contribution < -0.4 is 5.32 Å². The molecule has 2 amide bonds. The van der Waals surface area contributed by atoms with Gasteiger partial charge >= 0.3 is 6.03 Å². The Kier molecular flexibility index (Phi) is 5.02. The fourth-order valence-corrected chi connectivity index (χ4v) is 4.09. The topological polar surface area (TPSA) is 83.3 Å². The molecule has 0 saturated heterocycles. The first-order valence-electron chi connectivity index (χ1n) is 9.16. The highest BCUT2D eigenvalue weighted by Crippen LogP contribution is 2.42. The number of nitrogens with one attached hydrogen (secondary N) is 1. The Bertz CT molecular complexity index is 1070. The van der Waals surface area contributed by atoms with Gasteiger partial charge in [0.05, 0.1) is 24.5 Å². The quantitative estimate of drug-likeness (QED) is 0.482. The lowest BCUT2D eigenvalue weighted by Crippen LogP contribution is -2.39. The van der Waals surface area contributed by atoms with Gasteiger partial charge in [-0.15, -0.1) is 6.42 Å². The summed E-state index contributed by atoms with van der Waals surface area (Å²) >= 11 is 2.94. The molecule has 7 nitrogen and oxygen atoms in total. The van der Waals surface area contributed by atoms with E-state index in [0.717, 1.165) is 4.68 Å². The third-order valence-electron chi connectivity index (χ3n) is 5.36. The molecule has 158 valence electrons. The molecule has 0 radical (unpaired) electrons. The van der Waals surface area contributed by atoms with E-state index in [1.54, 1.807) is 0 Å². The van der Waals surface area contributed by atoms with Gasteiger partial charge in [-0.1, -0.05) is 5.92 Å². The van der Waals surface area contributed by atoms with Crippen molar-refractivity contribution in [3.05, 3.63) is 39.6 Å². The van der Waals surface area contributed by atoms with Crippen molar-refractivity contribution in [2.45, 2.75) is 43.9 Å². The molecule has 2 aromatic rings. The molecule has 11 heteroatoms. The number of carbonyl (C=O) groups is 1. The lowest BCUT2D eigenvalue weighted by molar-refractivity contribution is -0.0300. The molecule has 4 rings (SSSR count). The fourth-order valence-electron chi connectivity index (χ4n) is 3.76. The molecule has 2 N–H and O–H groups in total. The predicted molar refractivity (Wildman–Crippen MR) is 104 cm³/mol. The average molecular weight is 484 g/mol. The van der Waals surface area contributed by atoms with Crippen LogP contribution in [0.4, 0.5) is 23.7 Å².